The van der Waals surface area contributed by atoms with Crippen molar-refractivity contribution >= 4 is 0 Å². The van der Waals surface area contributed by atoms with E-state index in [0.717, 1.165) is 36.3 Å². The molecule has 0 saturated carbocycles. The molecule has 0 radical (unpaired) electrons. The van der Waals surface area contributed by atoms with Crippen LogP contribution in [0.15, 0.2) is 42.6 Å². The van der Waals surface area contributed by atoms with E-state index in [4.69, 9.17) is 14.2 Å². The summed E-state index contributed by atoms with van der Waals surface area (Å²) in [7, 11) is 0. The van der Waals surface area contributed by atoms with Crippen LogP contribution in [-0.4, -0.2) is 30.4 Å². The van der Waals surface area contributed by atoms with Gasteiger partial charge in [0.05, 0.1) is 12.7 Å². The predicted octanol–water partition coefficient (Wildman–Crippen LogP) is 8.38. The Labute approximate surface area is 207 Å². The molecule has 0 N–H and O–H groups in total. The summed E-state index contributed by atoms with van der Waals surface area (Å²) in [6.07, 6.45) is 19.5. The van der Waals surface area contributed by atoms with Gasteiger partial charge < -0.3 is 14.2 Å². The van der Waals surface area contributed by atoms with E-state index in [1.165, 1.54) is 70.6 Å². The summed E-state index contributed by atoms with van der Waals surface area (Å²) in [5.41, 5.74) is 2.22. The molecular formula is C30H45NO3. The van der Waals surface area contributed by atoms with Gasteiger partial charge in [-0.15, -0.1) is 0 Å². The molecule has 1 aliphatic rings. The summed E-state index contributed by atoms with van der Waals surface area (Å²) in [5.74, 6) is 1.60. The first kappa shape index (κ1) is 26.5. The molecule has 0 amide bonds. The quantitative estimate of drug-likeness (QED) is 0.154. The van der Waals surface area contributed by atoms with Crippen LogP contribution in [0.25, 0.3) is 11.1 Å². The van der Waals surface area contributed by atoms with Gasteiger partial charge in [0, 0.05) is 17.8 Å². The monoisotopic (exact) mass is 467 g/mol. The highest BCUT2D eigenvalue weighted by molar-refractivity contribution is 5.63. The van der Waals surface area contributed by atoms with E-state index in [1.54, 1.807) is 0 Å². The average molecular weight is 468 g/mol. The molecule has 34 heavy (non-hydrogen) atoms. The number of hydrogen-bond donors (Lipinski definition) is 0. The Bertz CT molecular complexity index is 775. The van der Waals surface area contributed by atoms with Gasteiger partial charge in [-0.2, -0.15) is 0 Å². The van der Waals surface area contributed by atoms with Crippen molar-refractivity contribution in [3.8, 4) is 22.8 Å². The Morgan fingerprint density at radius 2 is 1.32 bits per heavy atom. The molecule has 2 heterocycles. The second kappa shape index (κ2) is 15.8. The summed E-state index contributed by atoms with van der Waals surface area (Å²) >= 11 is 0. The smallest absolute Gasteiger partial charge is 0.213 e. The zero-order chi connectivity index (χ0) is 23.8. The van der Waals surface area contributed by atoms with E-state index in [9.17, 15) is 0 Å². The van der Waals surface area contributed by atoms with Crippen molar-refractivity contribution in [1.29, 1.82) is 0 Å². The van der Waals surface area contributed by atoms with Gasteiger partial charge in [0.25, 0.3) is 0 Å². The lowest BCUT2D eigenvalue weighted by Crippen LogP contribution is -2.07. The van der Waals surface area contributed by atoms with Crippen molar-refractivity contribution < 1.29 is 14.2 Å². The summed E-state index contributed by atoms with van der Waals surface area (Å²) in [6, 6.07) is 12.3. The predicted molar refractivity (Wildman–Crippen MR) is 141 cm³/mol. The number of rotatable bonds is 19. The first-order chi connectivity index (χ1) is 16.8. The lowest BCUT2D eigenvalue weighted by Gasteiger charge is -2.08. The van der Waals surface area contributed by atoms with E-state index in [2.05, 4.69) is 37.0 Å². The van der Waals surface area contributed by atoms with E-state index in [0.29, 0.717) is 18.6 Å². The lowest BCUT2D eigenvalue weighted by molar-refractivity contribution is 0.259. The Balaban J connectivity index is 1.26. The Morgan fingerprint density at radius 1 is 0.676 bits per heavy atom. The molecule has 0 spiro atoms. The Kier molecular flexibility index (Phi) is 12.3. The maximum Gasteiger partial charge on any atom is 0.213 e. The van der Waals surface area contributed by atoms with E-state index >= 15 is 0 Å². The Morgan fingerprint density at radius 3 is 1.97 bits per heavy atom. The van der Waals surface area contributed by atoms with Gasteiger partial charge in [0.1, 0.15) is 18.5 Å². The molecule has 1 aliphatic heterocycles. The number of pyridine rings is 1. The van der Waals surface area contributed by atoms with Crippen LogP contribution in [-0.2, 0) is 4.74 Å². The molecule has 1 saturated heterocycles. The van der Waals surface area contributed by atoms with Crippen LogP contribution in [0.2, 0.25) is 0 Å². The zero-order valence-electron chi connectivity index (χ0n) is 21.5. The van der Waals surface area contributed by atoms with Crippen molar-refractivity contribution in [2.75, 3.05) is 13.2 Å². The molecule has 0 bridgehead atoms. The molecular weight excluding hydrogens is 422 g/mol. The van der Waals surface area contributed by atoms with Crippen LogP contribution >= 0.6 is 0 Å². The molecule has 1 aromatic carbocycles. The fourth-order valence-electron chi connectivity index (χ4n) is 4.31. The number of aromatic nitrogens is 1. The molecule has 3 rings (SSSR count). The third kappa shape index (κ3) is 10.0. The minimum absolute atomic E-state index is 0.267. The minimum atomic E-state index is 0.267. The Hall–Kier alpha value is -2.07. The van der Waals surface area contributed by atoms with Gasteiger partial charge in [-0.1, -0.05) is 96.6 Å². The van der Waals surface area contributed by atoms with Crippen molar-refractivity contribution in [2.45, 2.75) is 110 Å². The van der Waals surface area contributed by atoms with E-state index in [1.807, 2.05) is 24.4 Å². The fraction of sp³-hybridized carbons (Fsp3) is 0.633. The van der Waals surface area contributed by atoms with Gasteiger partial charge >= 0.3 is 0 Å². The molecule has 1 aromatic heterocycles. The summed E-state index contributed by atoms with van der Waals surface area (Å²) in [4.78, 5) is 4.49. The van der Waals surface area contributed by atoms with Gasteiger partial charge in [-0.3, -0.25) is 0 Å². The van der Waals surface area contributed by atoms with Gasteiger partial charge in [-0.05, 0) is 36.6 Å². The van der Waals surface area contributed by atoms with Crippen molar-refractivity contribution in [1.82, 2.24) is 4.98 Å². The molecule has 0 unspecified atom stereocenters. The standard InChI is InChI=1S/C30H45NO3/c1-3-5-7-8-9-10-11-12-13-14-22-32-30-21-18-26(23-31-30)25-16-19-27(20-17-25)33-24-29-28(34-29)15-6-4-2/h16-21,23,28-29H,3-15,22,24H2,1-2H3/t28-,29-/m0/s1. The van der Waals surface area contributed by atoms with Crippen LogP contribution in [0.3, 0.4) is 0 Å². The molecule has 4 nitrogen and oxygen atoms in total. The van der Waals surface area contributed by atoms with Gasteiger partial charge in [0.2, 0.25) is 5.88 Å². The SMILES string of the molecule is CCCCCCCCCCCCOc1ccc(-c2ccc(OC[C@@H]3O[C@H]3CCCC)cc2)cn1. The minimum Gasteiger partial charge on any atom is -0.491 e. The van der Waals surface area contributed by atoms with Crippen molar-refractivity contribution in [3.05, 3.63) is 42.6 Å². The number of epoxide rings is 1. The molecule has 188 valence electrons. The van der Waals surface area contributed by atoms with Crippen molar-refractivity contribution in [2.24, 2.45) is 0 Å². The third-order valence-corrected chi connectivity index (χ3v) is 6.62. The number of ether oxygens (including phenoxy) is 3. The highest BCUT2D eigenvalue weighted by Crippen LogP contribution is 2.29. The highest BCUT2D eigenvalue weighted by Gasteiger charge is 2.38. The van der Waals surface area contributed by atoms with Crippen LogP contribution in [0.4, 0.5) is 0 Å². The zero-order valence-corrected chi connectivity index (χ0v) is 21.5. The molecule has 4 heteroatoms. The highest BCUT2D eigenvalue weighted by atomic mass is 16.6. The first-order valence-electron chi connectivity index (χ1n) is 13.8. The third-order valence-electron chi connectivity index (χ3n) is 6.62. The first-order valence-corrected chi connectivity index (χ1v) is 13.8. The normalized spacial score (nSPS) is 17.0. The van der Waals surface area contributed by atoms with Gasteiger partial charge in [-0.25, -0.2) is 4.98 Å². The van der Waals surface area contributed by atoms with Crippen LogP contribution in [0.1, 0.15) is 97.3 Å². The molecule has 2 atom stereocenters. The van der Waals surface area contributed by atoms with Crippen LogP contribution in [0, 0.1) is 0 Å². The summed E-state index contributed by atoms with van der Waals surface area (Å²) < 4.78 is 17.4. The summed E-state index contributed by atoms with van der Waals surface area (Å²) in [5, 5.41) is 0. The van der Waals surface area contributed by atoms with E-state index in [-0.39, 0.29) is 6.10 Å². The molecule has 2 aromatic rings. The largest absolute Gasteiger partial charge is 0.491 e. The van der Waals surface area contributed by atoms with Crippen LogP contribution < -0.4 is 9.47 Å². The number of nitrogens with zero attached hydrogens (tertiary/aromatic N) is 1. The second-order valence-electron chi connectivity index (χ2n) is 9.61. The summed E-state index contributed by atoms with van der Waals surface area (Å²) in [6.45, 7) is 5.87. The van der Waals surface area contributed by atoms with E-state index < -0.39 is 0 Å². The fourth-order valence-corrected chi connectivity index (χ4v) is 4.31. The second-order valence-corrected chi connectivity index (χ2v) is 9.61. The number of hydrogen-bond acceptors (Lipinski definition) is 4. The van der Waals surface area contributed by atoms with Crippen molar-refractivity contribution in [3.63, 3.8) is 0 Å². The number of unbranched alkanes of at least 4 members (excludes halogenated alkanes) is 10. The molecule has 0 aliphatic carbocycles. The van der Waals surface area contributed by atoms with Gasteiger partial charge in [0.15, 0.2) is 0 Å². The molecule has 1 fully saturated rings. The maximum atomic E-state index is 5.89. The lowest BCUT2D eigenvalue weighted by atomic mass is 10.1. The topological polar surface area (TPSA) is 43.9 Å². The average Bonchev–Trinajstić information content (AvgIpc) is 3.64. The maximum absolute atomic E-state index is 5.89. The van der Waals surface area contributed by atoms with Crippen LogP contribution in [0.5, 0.6) is 11.6 Å². The number of benzene rings is 1.